The van der Waals surface area contributed by atoms with Crippen LogP contribution < -0.4 is 10.6 Å². The van der Waals surface area contributed by atoms with E-state index in [1.807, 2.05) is 38.1 Å². The number of H-pyrrole nitrogens is 1. The molecule has 3 aromatic rings. The predicted molar refractivity (Wildman–Crippen MR) is 146 cm³/mol. The Morgan fingerprint density at radius 1 is 1.08 bits per heavy atom. The molecule has 3 aliphatic carbocycles. The summed E-state index contributed by atoms with van der Waals surface area (Å²) in [6.45, 7) is 4.57. The molecular formula is C30H36N6O2. The van der Waals surface area contributed by atoms with Gasteiger partial charge < -0.3 is 10.6 Å². The smallest absolute Gasteiger partial charge is 0.270 e. The molecule has 3 N–H and O–H groups in total. The second-order valence-electron chi connectivity index (χ2n) is 11.2. The van der Waals surface area contributed by atoms with Gasteiger partial charge in [0.1, 0.15) is 11.7 Å². The first-order valence-electron chi connectivity index (χ1n) is 13.9. The quantitative estimate of drug-likeness (QED) is 0.326. The molecule has 0 radical (unpaired) electrons. The van der Waals surface area contributed by atoms with Gasteiger partial charge in [-0.3, -0.25) is 19.4 Å². The Balaban J connectivity index is 1.19. The van der Waals surface area contributed by atoms with Crippen molar-refractivity contribution in [3.8, 4) is 11.1 Å². The van der Waals surface area contributed by atoms with Crippen molar-refractivity contribution in [1.82, 2.24) is 25.3 Å². The highest BCUT2D eigenvalue weighted by Gasteiger charge is 2.48. The number of aryl methyl sites for hydroxylation is 2. The molecule has 6 rings (SSSR count). The van der Waals surface area contributed by atoms with E-state index in [2.05, 4.69) is 32.0 Å². The SMILES string of the molecule is Cc1n[nH]c(C)c1-c1ccc(NC(=O)[C@@H](NC(=O)c2ccnn2CC=C2CCC2)C(C2CC2)C2CC2)cc1. The molecule has 3 saturated carbocycles. The number of hydrogen-bond donors (Lipinski definition) is 3. The Labute approximate surface area is 223 Å². The fourth-order valence-electron chi connectivity index (χ4n) is 5.83. The van der Waals surface area contributed by atoms with Crippen LogP contribution in [0.1, 0.15) is 66.8 Å². The molecule has 8 nitrogen and oxygen atoms in total. The van der Waals surface area contributed by atoms with Gasteiger partial charge in [0.25, 0.3) is 5.91 Å². The third-order valence-electron chi connectivity index (χ3n) is 8.35. The number of rotatable bonds is 10. The number of amides is 2. The van der Waals surface area contributed by atoms with Crippen LogP contribution in [0.15, 0.2) is 48.2 Å². The van der Waals surface area contributed by atoms with Crippen LogP contribution in [0, 0.1) is 31.6 Å². The molecule has 1 atom stereocenters. The summed E-state index contributed by atoms with van der Waals surface area (Å²) in [5.41, 5.74) is 6.74. The van der Waals surface area contributed by atoms with E-state index in [1.54, 1.807) is 16.9 Å². The zero-order valence-corrected chi connectivity index (χ0v) is 22.2. The minimum absolute atomic E-state index is 0.145. The van der Waals surface area contributed by atoms with E-state index in [4.69, 9.17) is 0 Å². The average molecular weight is 513 g/mol. The molecule has 3 fully saturated rings. The van der Waals surface area contributed by atoms with Gasteiger partial charge in [0.05, 0.1) is 12.2 Å². The van der Waals surface area contributed by atoms with Crippen LogP contribution in [0.4, 0.5) is 5.69 Å². The third kappa shape index (κ3) is 5.17. The van der Waals surface area contributed by atoms with Crippen molar-refractivity contribution in [2.75, 3.05) is 5.32 Å². The number of carbonyl (C=O) groups excluding carboxylic acids is 2. The molecule has 8 heteroatoms. The van der Waals surface area contributed by atoms with E-state index in [-0.39, 0.29) is 17.7 Å². The number of aromatic nitrogens is 4. The van der Waals surface area contributed by atoms with Crippen LogP contribution in [0.3, 0.4) is 0 Å². The molecule has 2 aromatic heterocycles. The molecule has 1 aromatic carbocycles. The van der Waals surface area contributed by atoms with E-state index in [0.717, 1.165) is 66.7 Å². The standard InChI is InChI=1S/C30H36N6O2/c1-18-26(19(2)35-34-18)21-10-12-24(13-11-21)32-30(38)28(27(22-6-7-22)23-8-9-23)33-29(37)25-14-16-31-36(25)17-15-20-4-3-5-20/h10-16,22-23,27-28H,3-9,17H2,1-2H3,(H,32,38)(H,33,37)(H,34,35)/t28-/m0/s1. The van der Waals surface area contributed by atoms with Crippen LogP contribution in [-0.4, -0.2) is 37.8 Å². The molecule has 2 amide bonds. The number of hydrogen-bond acceptors (Lipinski definition) is 4. The number of carbonyl (C=O) groups is 2. The molecule has 0 unspecified atom stereocenters. The Bertz CT molecular complexity index is 1320. The van der Waals surface area contributed by atoms with Gasteiger partial charge in [0.15, 0.2) is 0 Å². The first-order valence-corrected chi connectivity index (χ1v) is 13.9. The normalized spacial score (nSPS) is 17.7. The highest BCUT2D eigenvalue weighted by molar-refractivity contribution is 6.01. The molecule has 198 valence electrons. The Morgan fingerprint density at radius 2 is 1.79 bits per heavy atom. The van der Waals surface area contributed by atoms with E-state index in [9.17, 15) is 9.59 Å². The van der Waals surface area contributed by atoms with E-state index in [0.29, 0.717) is 24.1 Å². The second-order valence-corrected chi connectivity index (χ2v) is 11.2. The number of allylic oxidation sites excluding steroid dienone is 2. The second kappa shape index (κ2) is 10.2. The lowest BCUT2D eigenvalue weighted by atomic mass is 9.88. The Kier molecular flexibility index (Phi) is 6.64. The highest BCUT2D eigenvalue weighted by atomic mass is 16.2. The third-order valence-corrected chi connectivity index (χ3v) is 8.35. The van der Waals surface area contributed by atoms with Gasteiger partial charge in [-0.15, -0.1) is 0 Å². The van der Waals surface area contributed by atoms with Gasteiger partial charge in [-0.25, -0.2) is 0 Å². The van der Waals surface area contributed by atoms with Crippen molar-refractivity contribution in [3.05, 3.63) is 65.3 Å². The zero-order valence-electron chi connectivity index (χ0n) is 22.2. The maximum absolute atomic E-state index is 13.7. The molecule has 0 bridgehead atoms. The summed E-state index contributed by atoms with van der Waals surface area (Å²) in [5.74, 6) is 0.792. The maximum atomic E-state index is 13.7. The van der Waals surface area contributed by atoms with Crippen LogP contribution in [-0.2, 0) is 11.3 Å². The summed E-state index contributed by atoms with van der Waals surface area (Å²) in [4.78, 5) is 27.2. The number of nitrogens with one attached hydrogen (secondary N) is 3. The van der Waals surface area contributed by atoms with Gasteiger partial charge >= 0.3 is 0 Å². The van der Waals surface area contributed by atoms with Gasteiger partial charge in [-0.2, -0.15) is 10.2 Å². The summed E-state index contributed by atoms with van der Waals surface area (Å²) in [6, 6.07) is 9.01. The topological polar surface area (TPSA) is 105 Å². The largest absolute Gasteiger partial charge is 0.339 e. The Morgan fingerprint density at radius 3 is 2.37 bits per heavy atom. The van der Waals surface area contributed by atoms with Crippen LogP contribution >= 0.6 is 0 Å². The lowest BCUT2D eigenvalue weighted by Gasteiger charge is -2.27. The summed E-state index contributed by atoms with van der Waals surface area (Å²) in [5, 5.41) is 17.9. The lowest BCUT2D eigenvalue weighted by molar-refractivity contribution is -0.119. The zero-order chi connectivity index (χ0) is 26.2. The molecule has 0 saturated heterocycles. The van der Waals surface area contributed by atoms with Crippen LogP contribution in [0.2, 0.25) is 0 Å². The monoisotopic (exact) mass is 512 g/mol. The molecule has 0 spiro atoms. The van der Waals surface area contributed by atoms with Crippen LogP contribution in [0.25, 0.3) is 11.1 Å². The minimum Gasteiger partial charge on any atom is -0.339 e. The summed E-state index contributed by atoms with van der Waals surface area (Å²) < 4.78 is 1.73. The van der Waals surface area contributed by atoms with E-state index in [1.165, 1.54) is 12.0 Å². The summed E-state index contributed by atoms with van der Waals surface area (Å²) >= 11 is 0. The van der Waals surface area contributed by atoms with Crippen molar-refractivity contribution in [1.29, 1.82) is 0 Å². The van der Waals surface area contributed by atoms with Gasteiger partial charge in [-0.1, -0.05) is 23.8 Å². The molecule has 2 heterocycles. The number of aromatic amines is 1. The first-order chi connectivity index (χ1) is 18.5. The molecule has 0 aliphatic heterocycles. The lowest BCUT2D eigenvalue weighted by Crippen LogP contribution is -2.50. The summed E-state index contributed by atoms with van der Waals surface area (Å²) in [7, 11) is 0. The van der Waals surface area contributed by atoms with Crippen molar-refractivity contribution < 1.29 is 9.59 Å². The molecular weight excluding hydrogens is 476 g/mol. The molecule has 38 heavy (non-hydrogen) atoms. The fraction of sp³-hybridized carbons (Fsp3) is 0.467. The maximum Gasteiger partial charge on any atom is 0.270 e. The minimum atomic E-state index is -0.575. The predicted octanol–water partition coefficient (Wildman–Crippen LogP) is 5.17. The fourth-order valence-corrected chi connectivity index (χ4v) is 5.83. The van der Waals surface area contributed by atoms with Crippen molar-refractivity contribution in [3.63, 3.8) is 0 Å². The van der Waals surface area contributed by atoms with Gasteiger partial charge in [0.2, 0.25) is 5.91 Å². The van der Waals surface area contributed by atoms with Crippen molar-refractivity contribution >= 4 is 17.5 Å². The van der Waals surface area contributed by atoms with Gasteiger partial charge in [0, 0.05) is 23.1 Å². The molecule has 3 aliphatic rings. The average Bonchev–Trinajstić information content (AvgIpc) is 3.81. The van der Waals surface area contributed by atoms with Crippen molar-refractivity contribution in [2.45, 2.75) is 71.4 Å². The number of benzene rings is 1. The highest BCUT2D eigenvalue weighted by Crippen LogP contribution is 2.51. The summed E-state index contributed by atoms with van der Waals surface area (Å²) in [6.07, 6.45) is 11.9. The Hall–Kier alpha value is -3.68. The van der Waals surface area contributed by atoms with Crippen molar-refractivity contribution in [2.24, 2.45) is 17.8 Å². The number of nitrogens with zero attached hydrogens (tertiary/aromatic N) is 3. The number of anilines is 1. The van der Waals surface area contributed by atoms with E-state index >= 15 is 0 Å². The van der Waals surface area contributed by atoms with Crippen LogP contribution in [0.5, 0.6) is 0 Å². The van der Waals surface area contributed by atoms with E-state index < -0.39 is 6.04 Å². The van der Waals surface area contributed by atoms with Gasteiger partial charge in [-0.05, 0) is 100 Å². The first kappa shape index (κ1) is 24.6.